The lowest BCUT2D eigenvalue weighted by molar-refractivity contribution is 0.0954. The summed E-state index contributed by atoms with van der Waals surface area (Å²) in [6.45, 7) is 2.50. The number of aryl methyl sites for hydroxylation is 1. The van der Waals surface area contributed by atoms with Crippen LogP contribution in [0.1, 0.15) is 21.5 Å². The Morgan fingerprint density at radius 3 is 3.00 bits per heavy atom. The third-order valence-electron chi connectivity index (χ3n) is 4.24. The second-order valence-corrected chi connectivity index (χ2v) is 6.02. The Morgan fingerprint density at radius 1 is 1.24 bits per heavy atom. The number of H-pyrrole nitrogens is 2. The lowest BCUT2D eigenvalue weighted by Gasteiger charge is -2.05. The molecule has 0 spiro atoms. The molecule has 0 saturated heterocycles. The summed E-state index contributed by atoms with van der Waals surface area (Å²) in [4.78, 5) is 15.5. The van der Waals surface area contributed by atoms with Gasteiger partial charge in [-0.2, -0.15) is 15.4 Å². The van der Waals surface area contributed by atoms with Gasteiger partial charge in [-0.1, -0.05) is 11.6 Å². The largest absolute Gasteiger partial charge is 0.361 e. The molecule has 2 aromatic heterocycles. The number of benzene rings is 2. The maximum atomic E-state index is 13.9. The molecule has 2 heterocycles. The molecule has 0 aliphatic carbocycles. The van der Waals surface area contributed by atoms with E-state index in [1.165, 1.54) is 17.7 Å². The van der Waals surface area contributed by atoms with Crippen LogP contribution < -0.4 is 5.32 Å². The summed E-state index contributed by atoms with van der Waals surface area (Å²) in [5, 5.41) is 13.9. The van der Waals surface area contributed by atoms with Gasteiger partial charge in [0.2, 0.25) is 0 Å². The molecular formula is C18H16FN5O. The van der Waals surface area contributed by atoms with Crippen molar-refractivity contribution in [1.82, 2.24) is 25.7 Å². The van der Waals surface area contributed by atoms with Crippen LogP contribution in [0.15, 0.2) is 36.5 Å². The highest BCUT2D eigenvalue weighted by Crippen LogP contribution is 2.20. The van der Waals surface area contributed by atoms with Crippen LogP contribution in [-0.4, -0.2) is 32.8 Å². The van der Waals surface area contributed by atoms with E-state index in [1.807, 2.05) is 19.2 Å². The highest BCUT2D eigenvalue weighted by molar-refractivity contribution is 5.97. The standard InChI is InChI=1S/C18H16FN5O/c1-10-2-3-15-13(6-10)11(9-21-15)4-5-20-18(25)12-7-14(19)17-16(8-12)22-24-23-17/h2-3,6-9,21H,4-5H2,1H3,(H,20,25)(H,22,23,24). The molecule has 0 saturated carbocycles. The summed E-state index contributed by atoms with van der Waals surface area (Å²) < 4.78 is 13.9. The predicted octanol–water partition coefficient (Wildman–Crippen LogP) is 2.86. The smallest absolute Gasteiger partial charge is 0.251 e. The second-order valence-electron chi connectivity index (χ2n) is 6.02. The number of rotatable bonds is 4. The van der Waals surface area contributed by atoms with Gasteiger partial charge in [0.25, 0.3) is 5.91 Å². The quantitative estimate of drug-likeness (QED) is 0.535. The van der Waals surface area contributed by atoms with Crippen LogP contribution in [0.2, 0.25) is 0 Å². The third kappa shape index (κ3) is 2.84. The normalized spacial score (nSPS) is 11.3. The van der Waals surface area contributed by atoms with Gasteiger partial charge in [0.1, 0.15) is 11.0 Å². The topological polar surface area (TPSA) is 86.5 Å². The number of hydrogen-bond acceptors (Lipinski definition) is 3. The first kappa shape index (κ1) is 15.3. The van der Waals surface area contributed by atoms with E-state index in [1.54, 1.807) is 0 Å². The van der Waals surface area contributed by atoms with Crippen molar-refractivity contribution in [2.75, 3.05) is 6.54 Å². The molecule has 2 aromatic carbocycles. The molecule has 7 heteroatoms. The van der Waals surface area contributed by atoms with Crippen molar-refractivity contribution in [2.24, 2.45) is 0 Å². The number of carbonyl (C=O) groups excluding carboxylic acids is 1. The van der Waals surface area contributed by atoms with E-state index in [9.17, 15) is 9.18 Å². The summed E-state index contributed by atoms with van der Waals surface area (Å²) in [7, 11) is 0. The molecule has 1 amide bonds. The molecule has 0 aliphatic rings. The van der Waals surface area contributed by atoms with Gasteiger partial charge in [-0.15, -0.1) is 0 Å². The summed E-state index contributed by atoms with van der Waals surface area (Å²) in [6, 6.07) is 8.92. The Labute approximate surface area is 142 Å². The van der Waals surface area contributed by atoms with Crippen LogP contribution >= 0.6 is 0 Å². The number of aromatic amines is 2. The zero-order valence-corrected chi connectivity index (χ0v) is 13.6. The van der Waals surface area contributed by atoms with E-state index in [4.69, 9.17) is 0 Å². The molecule has 4 rings (SSSR count). The first-order valence-electron chi connectivity index (χ1n) is 7.96. The predicted molar refractivity (Wildman–Crippen MR) is 92.9 cm³/mol. The number of aromatic nitrogens is 4. The van der Waals surface area contributed by atoms with Crippen molar-refractivity contribution in [3.05, 3.63) is 59.0 Å². The molecule has 126 valence electrons. The van der Waals surface area contributed by atoms with Crippen LogP contribution in [-0.2, 0) is 6.42 Å². The number of halogens is 1. The molecule has 0 bridgehead atoms. The van der Waals surface area contributed by atoms with E-state index in [2.05, 4.69) is 37.8 Å². The van der Waals surface area contributed by atoms with Gasteiger partial charge < -0.3 is 10.3 Å². The Kier molecular flexibility index (Phi) is 3.68. The molecule has 0 fully saturated rings. The second kappa shape index (κ2) is 6.01. The zero-order chi connectivity index (χ0) is 17.4. The average molecular weight is 337 g/mol. The maximum Gasteiger partial charge on any atom is 0.251 e. The number of fused-ring (bicyclic) bond motifs is 2. The van der Waals surface area contributed by atoms with Crippen molar-refractivity contribution >= 4 is 27.8 Å². The van der Waals surface area contributed by atoms with E-state index in [-0.39, 0.29) is 17.0 Å². The molecule has 25 heavy (non-hydrogen) atoms. The molecule has 0 radical (unpaired) electrons. The highest BCUT2D eigenvalue weighted by atomic mass is 19.1. The Balaban J connectivity index is 1.46. The molecule has 6 nitrogen and oxygen atoms in total. The average Bonchev–Trinajstić information content (AvgIpc) is 3.22. The van der Waals surface area contributed by atoms with E-state index in [0.29, 0.717) is 18.5 Å². The number of hydrogen-bond donors (Lipinski definition) is 3. The van der Waals surface area contributed by atoms with E-state index < -0.39 is 5.82 Å². The molecule has 0 atom stereocenters. The van der Waals surface area contributed by atoms with E-state index in [0.717, 1.165) is 16.5 Å². The Bertz CT molecular complexity index is 1080. The number of nitrogens with one attached hydrogen (secondary N) is 3. The van der Waals surface area contributed by atoms with Gasteiger partial charge in [-0.3, -0.25) is 4.79 Å². The van der Waals surface area contributed by atoms with Gasteiger partial charge in [-0.25, -0.2) is 4.39 Å². The molecular weight excluding hydrogens is 321 g/mol. The van der Waals surface area contributed by atoms with Crippen LogP contribution in [0.25, 0.3) is 21.9 Å². The summed E-state index contributed by atoms with van der Waals surface area (Å²) in [6.07, 6.45) is 2.64. The van der Waals surface area contributed by atoms with Crippen molar-refractivity contribution in [1.29, 1.82) is 0 Å². The minimum atomic E-state index is -0.566. The minimum absolute atomic E-state index is 0.130. The number of amides is 1. The SMILES string of the molecule is Cc1ccc2[nH]cc(CCNC(=O)c3cc(F)c4n[nH]nc4c3)c2c1. The molecule has 0 aliphatic heterocycles. The summed E-state index contributed by atoms with van der Waals surface area (Å²) >= 11 is 0. The van der Waals surface area contributed by atoms with Crippen LogP contribution in [0.3, 0.4) is 0 Å². The van der Waals surface area contributed by atoms with Gasteiger partial charge in [0, 0.05) is 29.2 Å². The number of carbonyl (C=O) groups is 1. The lowest BCUT2D eigenvalue weighted by atomic mass is 10.1. The van der Waals surface area contributed by atoms with Gasteiger partial charge in [-0.05, 0) is 43.2 Å². The van der Waals surface area contributed by atoms with Crippen LogP contribution in [0.4, 0.5) is 4.39 Å². The molecule has 3 N–H and O–H groups in total. The number of nitrogens with zero attached hydrogens (tertiary/aromatic N) is 2. The Hall–Kier alpha value is -3.22. The lowest BCUT2D eigenvalue weighted by Crippen LogP contribution is -2.25. The fraction of sp³-hybridized carbons (Fsp3) is 0.167. The zero-order valence-electron chi connectivity index (χ0n) is 13.6. The van der Waals surface area contributed by atoms with Crippen molar-refractivity contribution in [3.8, 4) is 0 Å². The fourth-order valence-corrected chi connectivity index (χ4v) is 2.95. The van der Waals surface area contributed by atoms with Crippen LogP contribution in [0.5, 0.6) is 0 Å². The highest BCUT2D eigenvalue weighted by Gasteiger charge is 2.13. The van der Waals surface area contributed by atoms with Gasteiger partial charge in [0.05, 0.1) is 0 Å². The monoisotopic (exact) mass is 337 g/mol. The minimum Gasteiger partial charge on any atom is -0.361 e. The summed E-state index contributed by atoms with van der Waals surface area (Å²) in [5.74, 6) is -0.900. The van der Waals surface area contributed by atoms with Crippen LogP contribution in [0, 0.1) is 12.7 Å². The maximum absolute atomic E-state index is 13.9. The first-order valence-corrected chi connectivity index (χ1v) is 7.96. The van der Waals surface area contributed by atoms with Gasteiger partial charge >= 0.3 is 0 Å². The van der Waals surface area contributed by atoms with Crippen molar-refractivity contribution in [3.63, 3.8) is 0 Å². The van der Waals surface area contributed by atoms with Gasteiger partial charge in [0.15, 0.2) is 5.82 Å². The van der Waals surface area contributed by atoms with E-state index >= 15 is 0 Å². The molecule has 0 unspecified atom stereocenters. The third-order valence-corrected chi connectivity index (χ3v) is 4.24. The molecule has 4 aromatic rings. The van der Waals surface area contributed by atoms with Crippen molar-refractivity contribution < 1.29 is 9.18 Å². The fourth-order valence-electron chi connectivity index (χ4n) is 2.95. The Morgan fingerprint density at radius 2 is 2.12 bits per heavy atom. The first-order chi connectivity index (χ1) is 12.1. The summed E-state index contributed by atoms with van der Waals surface area (Å²) in [5.41, 5.74) is 4.09. The van der Waals surface area contributed by atoms with Crippen molar-refractivity contribution in [2.45, 2.75) is 13.3 Å².